The van der Waals surface area contributed by atoms with Gasteiger partial charge in [0.15, 0.2) is 0 Å². The average molecular weight is 576 g/mol. The summed E-state index contributed by atoms with van der Waals surface area (Å²) < 4.78 is 29.3. The number of esters is 1. The van der Waals surface area contributed by atoms with Gasteiger partial charge in [0.05, 0.1) is 39.3 Å². The minimum absolute atomic E-state index is 0.0581. The molecule has 1 fully saturated rings. The van der Waals surface area contributed by atoms with E-state index >= 15 is 0 Å². The van der Waals surface area contributed by atoms with E-state index < -0.39 is 19.3 Å². The maximum Gasteiger partial charge on any atom is 0.314 e. The van der Waals surface area contributed by atoms with E-state index in [1.54, 1.807) is 6.92 Å². The predicted molar refractivity (Wildman–Crippen MR) is 158 cm³/mol. The number of carbonyl (C=O) groups is 1. The number of unbranched alkanes of at least 4 members (excludes halogenated alkanes) is 15. The molecule has 3 atom stereocenters. The molecule has 0 aliphatic heterocycles. The molecule has 0 heterocycles. The standard InChI is InChI=1S/C31H62NO6P/c1-6-8-9-10-11-12-13-14-15-16-17-18-19-20-21-22-25-31(30(33)36-7-2)26-23-24-29(31)38-39(34,35)37-28-27-32(3,4)5/h29H,6-28H2,1-5H3/t29-,31-/m1/s1. The zero-order chi connectivity index (χ0) is 29.0. The molecular weight excluding hydrogens is 513 g/mol. The fourth-order valence-corrected chi connectivity index (χ4v) is 6.68. The van der Waals surface area contributed by atoms with Gasteiger partial charge < -0.3 is 23.2 Å². The first-order chi connectivity index (χ1) is 18.6. The normalized spacial score (nSPS) is 21.2. The molecule has 0 bridgehead atoms. The molecule has 8 heteroatoms. The highest BCUT2D eigenvalue weighted by atomic mass is 31.2. The summed E-state index contributed by atoms with van der Waals surface area (Å²) in [5.41, 5.74) is -0.893. The highest BCUT2D eigenvalue weighted by molar-refractivity contribution is 7.45. The Morgan fingerprint density at radius 2 is 1.33 bits per heavy atom. The maximum atomic E-state index is 13.1. The third-order valence-electron chi connectivity index (χ3n) is 8.13. The maximum absolute atomic E-state index is 13.1. The van der Waals surface area contributed by atoms with Crippen molar-refractivity contribution in [1.29, 1.82) is 0 Å². The largest absolute Gasteiger partial charge is 0.756 e. The average Bonchev–Trinajstić information content (AvgIpc) is 3.25. The summed E-state index contributed by atoms with van der Waals surface area (Å²) in [5, 5.41) is 0. The van der Waals surface area contributed by atoms with Gasteiger partial charge in [0.2, 0.25) is 0 Å². The summed E-state index contributed by atoms with van der Waals surface area (Å²) >= 11 is 0. The van der Waals surface area contributed by atoms with E-state index in [9.17, 15) is 14.3 Å². The third kappa shape index (κ3) is 16.5. The zero-order valence-electron chi connectivity index (χ0n) is 26.2. The number of phosphoric acid groups is 1. The first-order valence-electron chi connectivity index (χ1n) is 16.2. The molecule has 1 unspecified atom stereocenters. The molecule has 1 aliphatic rings. The first-order valence-corrected chi connectivity index (χ1v) is 17.6. The van der Waals surface area contributed by atoms with Crippen molar-refractivity contribution in [3.8, 4) is 0 Å². The quantitative estimate of drug-likeness (QED) is 0.0475. The number of phosphoric ester groups is 1. The molecular formula is C31H62NO6P. The lowest BCUT2D eigenvalue weighted by molar-refractivity contribution is -0.870. The predicted octanol–water partition coefficient (Wildman–Crippen LogP) is 7.95. The van der Waals surface area contributed by atoms with Crippen molar-refractivity contribution < 1.29 is 32.5 Å². The van der Waals surface area contributed by atoms with Crippen molar-refractivity contribution in [3.63, 3.8) is 0 Å². The van der Waals surface area contributed by atoms with Gasteiger partial charge in [-0.1, -0.05) is 110 Å². The van der Waals surface area contributed by atoms with Crippen LogP contribution >= 0.6 is 7.82 Å². The molecule has 1 aliphatic carbocycles. The molecule has 39 heavy (non-hydrogen) atoms. The van der Waals surface area contributed by atoms with Crippen LogP contribution in [0, 0.1) is 5.41 Å². The van der Waals surface area contributed by atoms with Crippen LogP contribution in [0.1, 0.15) is 142 Å². The molecule has 0 amide bonds. The molecule has 0 saturated heterocycles. The van der Waals surface area contributed by atoms with E-state index in [0.717, 1.165) is 25.7 Å². The SMILES string of the molecule is CCCCCCCCCCCCCCCCCC[C@@]1(C(=O)OCC)CCC[C@H]1OP(=O)([O-])OCC[N+](C)(C)C. The second-order valence-corrected chi connectivity index (χ2v) is 14.1. The van der Waals surface area contributed by atoms with Crippen molar-refractivity contribution >= 4 is 13.8 Å². The summed E-state index contributed by atoms with van der Waals surface area (Å²) in [5.74, 6) is -0.320. The second kappa shape index (κ2) is 20.4. The van der Waals surface area contributed by atoms with E-state index in [1.807, 2.05) is 21.1 Å². The van der Waals surface area contributed by atoms with Crippen molar-refractivity contribution in [2.45, 2.75) is 148 Å². The Balaban J connectivity index is 2.32. The van der Waals surface area contributed by atoms with Crippen molar-refractivity contribution in [2.75, 3.05) is 40.9 Å². The van der Waals surface area contributed by atoms with E-state index in [-0.39, 0.29) is 19.2 Å². The molecule has 0 aromatic heterocycles. The van der Waals surface area contributed by atoms with Crippen LogP contribution in [0.2, 0.25) is 0 Å². The molecule has 7 nitrogen and oxygen atoms in total. The van der Waals surface area contributed by atoms with Crippen LogP contribution in [0.3, 0.4) is 0 Å². The molecule has 0 spiro atoms. The van der Waals surface area contributed by atoms with Gasteiger partial charge in [-0.05, 0) is 32.6 Å². The van der Waals surface area contributed by atoms with Gasteiger partial charge in [-0.2, -0.15) is 0 Å². The van der Waals surface area contributed by atoms with Crippen LogP contribution in [0.4, 0.5) is 0 Å². The van der Waals surface area contributed by atoms with Crippen LogP contribution in [0.25, 0.3) is 0 Å². The Morgan fingerprint density at radius 1 is 0.846 bits per heavy atom. The number of quaternary nitrogens is 1. The van der Waals surface area contributed by atoms with Crippen molar-refractivity contribution in [3.05, 3.63) is 0 Å². The third-order valence-corrected chi connectivity index (χ3v) is 9.14. The van der Waals surface area contributed by atoms with E-state index in [1.165, 1.54) is 83.5 Å². The summed E-state index contributed by atoms with van der Waals surface area (Å²) in [6, 6.07) is 0. The highest BCUT2D eigenvalue weighted by Gasteiger charge is 2.51. The number of ether oxygens (including phenoxy) is 1. The number of nitrogens with zero attached hydrogens (tertiary/aromatic N) is 1. The van der Waals surface area contributed by atoms with Gasteiger partial charge in [0.1, 0.15) is 13.2 Å². The molecule has 0 aromatic carbocycles. The molecule has 0 N–H and O–H groups in total. The molecule has 232 valence electrons. The van der Waals surface area contributed by atoms with Crippen LogP contribution in [0.5, 0.6) is 0 Å². The van der Waals surface area contributed by atoms with Crippen LogP contribution in [-0.2, 0) is 23.1 Å². The zero-order valence-corrected chi connectivity index (χ0v) is 27.1. The fraction of sp³-hybridized carbons (Fsp3) is 0.968. The Morgan fingerprint density at radius 3 is 1.79 bits per heavy atom. The minimum Gasteiger partial charge on any atom is -0.756 e. The summed E-state index contributed by atoms with van der Waals surface area (Å²) in [4.78, 5) is 25.7. The smallest absolute Gasteiger partial charge is 0.314 e. The van der Waals surface area contributed by atoms with Gasteiger partial charge in [0.25, 0.3) is 7.82 Å². The summed E-state index contributed by atoms with van der Waals surface area (Å²) in [6.07, 6.45) is 22.5. The lowest BCUT2D eigenvalue weighted by Gasteiger charge is -2.36. The Labute approximate surface area is 240 Å². The lowest BCUT2D eigenvalue weighted by Crippen LogP contribution is -2.42. The number of carbonyl (C=O) groups excluding carboxylic acids is 1. The highest BCUT2D eigenvalue weighted by Crippen LogP contribution is 2.52. The molecule has 1 rings (SSSR count). The van der Waals surface area contributed by atoms with Gasteiger partial charge in [-0.3, -0.25) is 9.36 Å². The molecule has 0 radical (unpaired) electrons. The number of likely N-dealkylation sites (N-methyl/N-ethyl adjacent to an activating group) is 1. The topological polar surface area (TPSA) is 84.9 Å². The van der Waals surface area contributed by atoms with E-state index in [4.69, 9.17) is 13.8 Å². The van der Waals surface area contributed by atoms with E-state index in [0.29, 0.717) is 30.3 Å². The first kappa shape index (κ1) is 36.6. The van der Waals surface area contributed by atoms with Gasteiger partial charge in [0, 0.05) is 0 Å². The number of hydrogen-bond donors (Lipinski definition) is 0. The number of rotatable bonds is 25. The Kier molecular flexibility index (Phi) is 19.1. The van der Waals surface area contributed by atoms with Crippen molar-refractivity contribution in [2.24, 2.45) is 5.41 Å². The Hall–Kier alpha value is -0.460. The molecule has 1 saturated carbocycles. The number of hydrogen-bond acceptors (Lipinski definition) is 6. The van der Waals surface area contributed by atoms with Crippen molar-refractivity contribution in [1.82, 2.24) is 0 Å². The van der Waals surface area contributed by atoms with Gasteiger partial charge in [-0.15, -0.1) is 0 Å². The summed E-state index contributed by atoms with van der Waals surface area (Å²) in [6.45, 7) is 4.94. The van der Waals surface area contributed by atoms with Gasteiger partial charge in [-0.25, -0.2) is 0 Å². The molecule has 0 aromatic rings. The fourth-order valence-electron chi connectivity index (χ4n) is 5.69. The monoisotopic (exact) mass is 575 g/mol. The summed E-state index contributed by atoms with van der Waals surface area (Å²) in [7, 11) is 1.41. The van der Waals surface area contributed by atoms with Crippen LogP contribution < -0.4 is 4.89 Å². The lowest BCUT2D eigenvalue weighted by atomic mass is 9.79. The van der Waals surface area contributed by atoms with E-state index in [2.05, 4.69) is 6.92 Å². The van der Waals surface area contributed by atoms with Crippen LogP contribution in [0.15, 0.2) is 0 Å². The van der Waals surface area contributed by atoms with Gasteiger partial charge >= 0.3 is 5.97 Å². The minimum atomic E-state index is -4.51. The second-order valence-electron chi connectivity index (χ2n) is 12.7. The Bertz CT molecular complexity index is 682. The van der Waals surface area contributed by atoms with Crippen LogP contribution in [-0.4, -0.2) is 57.5 Å².